The van der Waals surface area contributed by atoms with Crippen LogP contribution in [-0.2, 0) is 4.79 Å². The smallest absolute Gasteiger partial charge is 0.326 e. The van der Waals surface area contributed by atoms with E-state index in [1.54, 1.807) is 18.2 Å². The first-order valence-electron chi connectivity index (χ1n) is 7.90. The van der Waals surface area contributed by atoms with E-state index < -0.39 is 12.0 Å². The molecule has 2 rings (SSSR count). The number of rotatable bonds is 7. The normalized spacial score (nSPS) is 17.5. The molecule has 5 heteroatoms. The molecule has 1 atom stereocenters. The van der Waals surface area contributed by atoms with Crippen molar-refractivity contribution >= 4 is 11.9 Å². The van der Waals surface area contributed by atoms with Gasteiger partial charge < -0.3 is 14.7 Å². The van der Waals surface area contributed by atoms with Crippen LogP contribution >= 0.6 is 0 Å². The van der Waals surface area contributed by atoms with Crippen molar-refractivity contribution in [1.82, 2.24) is 4.90 Å². The summed E-state index contributed by atoms with van der Waals surface area (Å²) in [5, 5.41) is 9.18. The number of hydrogen-bond acceptors (Lipinski definition) is 3. The molecule has 0 spiro atoms. The zero-order valence-corrected chi connectivity index (χ0v) is 13.0. The Bertz CT molecular complexity index is 529. The summed E-state index contributed by atoms with van der Waals surface area (Å²) >= 11 is 0. The average Bonchev–Trinajstić information content (AvgIpc) is 3.01. The molecular weight excluding hydrogens is 282 g/mol. The Morgan fingerprint density at radius 2 is 2.18 bits per heavy atom. The van der Waals surface area contributed by atoms with Crippen molar-refractivity contribution in [3.63, 3.8) is 0 Å². The Morgan fingerprint density at radius 1 is 1.36 bits per heavy atom. The highest BCUT2D eigenvalue weighted by atomic mass is 16.5. The van der Waals surface area contributed by atoms with Gasteiger partial charge in [0.1, 0.15) is 11.8 Å². The maximum Gasteiger partial charge on any atom is 0.326 e. The summed E-state index contributed by atoms with van der Waals surface area (Å²) in [5.74, 6) is -0.505. The van der Waals surface area contributed by atoms with E-state index in [0.29, 0.717) is 30.9 Å². The lowest BCUT2D eigenvalue weighted by Gasteiger charge is -2.21. The molecule has 1 aliphatic rings. The molecule has 1 unspecified atom stereocenters. The van der Waals surface area contributed by atoms with Crippen molar-refractivity contribution in [2.45, 2.75) is 45.1 Å². The average molecular weight is 305 g/mol. The SMILES string of the molecule is CCCCCOc1cccc(C(=O)N2CCCC2C(=O)O)c1. The fraction of sp³-hybridized carbons (Fsp3) is 0.529. The second kappa shape index (κ2) is 7.82. The van der Waals surface area contributed by atoms with E-state index in [1.807, 2.05) is 6.07 Å². The Hall–Kier alpha value is -2.04. The highest BCUT2D eigenvalue weighted by molar-refractivity contribution is 5.97. The van der Waals surface area contributed by atoms with E-state index in [0.717, 1.165) is 25.7 Å². The molecule has 1 aromatic rings. The molecule has 120 valence electrons. The van der Waals surface area contributed by atoms with E-state index in [9.17, 15) is 14.7 Å². The number of unbranched alkanes of at least 4 members (excludes halogenated alkanes) is 2. The largest absolute Gasteiger partial charge is 0.494 e. The van der Waals surface area contributed by atoms with Crippen LogP contribution in [0.1, 0.15) is 49.4 Å². The van der Waals surface area contributed by atoms with Crippen molar-refractivity contribution in [2.75, 3.05) is 13.2 Å². The van der Waals surface area contributed by atoms with Gasteiger partial charge in [0.25, 0.3) is 5.91 Å². The lowest BCUT2D eigenvalue weighted by Crippen LogP contribution is -2.40. The van der Waals surface area contributed by atoms with Gasteiger partial charge in [-0.25, -0.2) is 4.79 Å². The molecule has 0 aliphatic carbocycles. The molecule has 22 heavy (non-hydrogen) atoms. The summed E-state index contributed by atoms with van der Waals surface area (Å²) in [6, 6.07) is 6.29. The van der Waals surface area contributed by atoms with Gasteiger partial charge in [-0.3, -0.25) is 4.79 Å². The number of likely N-dealkylation sites (tertiary alicyclic amines) is 1. The van der Waals surface area contributed by atoms with Crippen molar-refractivity contribution < 1.29 is 19.4 Å². The van der Waals surface area contributed by atoms with Gasteiger partial charge in [0.15, 0.2) is 0 Å². The minimum atomic E-state index is -0.933. The number of aliphatic carboxylic acids is 1. The third kappa shape index (κ3) is 4.00. The van der Waals surface area contributed by atoms with E-state index >= 15 is 0 Å². The first-order valence-corrected chi connectivity index (χ1v) is 7.90. The summed E-state index contributed by atoms with van der Waals surface area (Å²) < 4.78 is 5.65. The first-order chi connectivity index (χ1) is 10.6. The van der Waals surface area contributed by atoms with Gasteiger partial charge in [0, 0.05) is 12.1 Å². The van der Waals surface area contributed by atoms with Crippen LogP contribution in [0.3, 0.4) is 0 Å². The number of carbonyl (C=O) groups excluding carboxylic acids is 1. The molecule has 0 saturated carbocycles. The number of carboxylic acids is 1. The van der Waals surface area contributed by atoms with Gasteiger partial charge in [-0.2, -0.15) is 0 Å². The third-order valence-electron chi connectivity index (χ3n) is 3.90. The number of ether oxygens (including phenoxy) is 1. The van der Waals surface area contributed by atoms with Gasteiger partial charge in [0.2, 0.25) is 0 Å². The van der Waals surface area contributed by atoms with Gasteiger partial charge in [-0.05, 0) is 37.5 Å². The lowest BCUT2D eigenvalue weighted by atomic mass is 10.1. The summed E-state index contributed by atoms with van der Waals surface area (Å²) in [6.07, 6.45) is 4.49. The first kappa shape index (κ1) is 16.3. The fourth-order valence-electron chi connectivity index (χ4n) is 2.69. The van der Waals surface area contributed by atoms with E-state index in [4.69, 9.17) is 4.74 Å². The highest BCUT2D eigenvalue weighted by Gasteiger charge is 2.34. The van der Waals surface area contributed by atoms with Crippen LogP contribution in [0, 0.1) is 0 Å². The quantitative estimate of drug-likeness (QED) is 0.787. The number of carbonyl (C=O) groups is 2. The van der Waals surface area contributed by atoms with Crippen molar-refractivity contribution in [3.8, 4) is 5.75 Å². The molecule has 1 aliphatic heterocycles. The Labute approximate surface area is 130 Å². The summed E-state index contributed by atoms with van der Waals surface area (Å²) in [6.45, 7) is 3.26. The number of amides is 1. The maximum absolute atomic E-state index is 12.5. The second-order valence-electron chi connectivity index (χ2n) is 5.58. The molecule has 1 N–H and O–H groups in total. The van der Waals surface area contributed by atoms with Crippen LogP contribution in [0.2, 0.25) is 0 Å². The second-order valence-corrected chi connectivity index (χ2v) is 5.58. The van der Waals surface area contributed by atoms with Crippen molar-refractivity contribution in [3.05, 3.63) is 29.8 Å². The molecule has 1 saturated heterocycles. The van der Waals surface area contributed by atoms with Crippen LogP contribution in [0.15, 0.2) is 24.3 Å². The predicted molar refractivity (Wildman–Crippen MR) is 83.2 cm³/mol. The Morgan fingerprint density at radius 3 is 2.91 bits per heavy atom. The van der Waals surface area contributed by atoms with E-state index in [2.05, 4.69) is 6.92 Å². The molecule has 1 amide bonds. The number of carboxylic acid groups (broad SMARTS) is 1. The summed E-state index contributed by atoms with van der Waals surface area (Å²) in [4.78, 5) is 25.1. The van der Waals surface area contributed by atoms with Gasteiger partial charge in [0.05, 0.1) is 6.61 Å². The number of benzene rings is 1. The molecule has 1 aromatic carbocycles. The van der Waals surface area contributed by atoms with Crippen molar-refractivity contribution in [2.24, 2.45) is 0 Å². The van der Waals surface area contributed by atoms with Gasteiger partial charge in [-0.15, -0.1) is 0 Å². The van der Waals surface area contributed by atoms with Crippen LogP contribution < -0.4 is 4.74 Å². The van der Waals surface area contributed by atoms with Crippen molar-refractivity contribution in [1.29, 1.82) is 0 Å². The molecular formula is C17H23NO4. The topological polar surface area (TPSA) is 66.8 Å². The zero-order chi connectivity index (χ0) is 15.9. The van der Waals surface area contributed by atoms with Crippen LogP contribution in [0.5, 0.6) is 5.75 Å². The van der Waals surface area contributed by atoms with Crippen LogP contribution in [0.25, 0.3) is 0 Å². The molecule has 0 bridgehead atoms. The molecule has 0 radical (unpaired) electrons. The highest BCUT2D eigenvalue weighted by Crippen LogP contribution is 2.22. The standard InChI is InChI=1S/C17H23NO4/c1-2-3-4-11-22-14-8-5-7-13(12-14)16(19)18-10-6-9-15(18)17(20)21/h5,7-8,12,15H,2-4,6,9-11H2,1H3,(H,20,21). The fourth-order valence-corrected chi connectivity index (χ4v) is 2.69. The lowest BCUT2D eigenvalue weighted by molar-refractivity contribution is -0.141. The Kier molecular flexibility index (Phi) is 5.81. The zero-order valence-electron chi connectivity index (χ0n) is 13.0. The predicted octanol–water partition coefficient (Wildman–Crippen LogP) is 2.94. The van der Waals surface area contributed by atoms with E-state index in [1.165, 1.54) is 4.90 Å². The molecule has 5 nitrogen and oxygen atoms in total. The Balaban J connectivity index is 2.02. The number of hydrogen-bond donors (Lipinski definition) is 1. The van der Waals surface area contributed by atoms with Crippen LogP contribution in [0.4, 0.5) is 0 Å². The van der Waals surface area contributed by atoms with E-state index in [-0.39, 0.29) is 5.91 Å². The van der Waals surface area contributed by atoms with Gasteiger partial charge in [-0.1, -0.05) is 25.8 Å². The molecule has 1 heterocycles. The minimum Gasteiger partial charge on any atom is -0.494 e. The van der Waals surface area contributed by atoms with Crippen LogP contribution in [-0.4, -0.2) is 41.1 Å². The number of nitrogens with zero attached hydrogens (tertiary/aromatic N) is 1. The summed E-state index contributed by atoms with van der Waals surface area (Å²) in [7, 11) is 0. The maximum atomic E-state index is 12.5. The third-order valence-corrected chi connectivity index (χ3v) is 3.90. The monoisotopic (exact) mass is 305 g/mol. The molecule has 1 fully saturated rings. The molecule has 0 aromatic heterocycles. The minimum absolute atomic E-state index is 0.232. The summed E-state index contributed by atoms with van der Waals surface area (Å²) in [5.41, 5.74) is 0.487. The van der Waals surface area contributed by atoms with Gasteiger partial charge >= 0.3 is 5.97 Å².